The summed E-state index contributed by atoms with van der Waals surface area (Å²) in [7, 11) is 1.75. The monoisotopic (exact) mass is 472 g/mol. The lowest BCUT2D eigenvalue weighted by molar-refractivity contribution is 0.0979. The highest BCUT2D eigenvalue weighted by atomic mass is 16.6. The van der Waals surface area contributed by atoms with Crippen LogP contribution in [-0.4, -0.2) is 57.8 Å². The quantitative estimate of drug-likeness (QED) is 0.533. The van der Waals surface area contributed by atoms with Crippen LogP contribution in [0, 0.1) is 5.92 Å². The number of aromatic nitrogens is 4. The van der Waals surface area contributed by atoms with Gasteiger partial charge in [0.1, 0.15) is 6.10 Å². The summed E-state index contributed by atoms with van der Waals surface area (Å²) in [4.78, 5) is 24.6. The molecule has 186 valence electrons. The van der Waals surface area contributed by atoms with Gasteiger partial charge in [-0.15, -0.1) is 0 Å². The molecular weight excluding hydrogens is 436 g/mol. The lowest BCUT2D eigenvalue weighted by Gasteiger charge is -2.28. The Balaban J connectivity index is 1.27. The van der Waals surface area contributed by atoms with E-state index in [1.54, 1.807) is 13.3 Å². The van der Waals surface area contributed by atoms with Gasteiger partial charge in [0.05, 0.1) is 17.8 Å². The maximum absolute atomic E-state index is 12.7. The molecule has 2 aromatic rings. The first-order valence-corrected chi connectivity index (χ1v) is 12.3. The first kappa shape index (κ1) is 24.3. The highest BCUT2D eigenvalue weighted by Crippen LogP contribution is 2.36. The molecule has 4 rings (SSSR count). The second-order valence-corrected chi connectivity index (χ2v) is 9.84. The third kappa shape index (κ3) is 6.16. The van der Waals surface area contributed by atoms with Crippen molar-refractivity contribution < 1.29 is 19.1 Å². The smallest absolute Gasteiger partial charge is 0.407 e. The number of nitrogens with one attached hydrogen (secondary N) is 3. The van der Waals surface area contributed by atoms with Crippen LogP contribution >= 0.6 is 0 Å². The molecular formula is C24H36N6O4. The van der Waals surface area contributed by atoms with E-state index in [4.69, 9.17) is 9.47 Å². The van der Waals surface area contributed by atoms with E-state index in [1.807, 2.05) is 30.8 Å². The number of anilines is 1. The molecule has 2 fully saturated rings. The second kappa shape index (κ2) is 11.0. The summed E-state index contributed by atoms with van der Waals surface area (Å²) in [5.41, 5.74) is 1.46. The molecule has 10 heteroatoms. The zero-order valence-corrected chi connectivity index (χ0v) is 20.3. The summed E-state index contributed by atoms with van der Waals surface area (Å²) in [6.07, 6.45) is 9.73. The lowest BCUT2D eigenvalue weighted by Crippen LogP contribution is -2.33. The third-order valence-corrected chi connectivity index (χ3v) is 6.80. The standard InChI is InChI=1S/C24H36N6O4/c1-15(2)26-24(32)34-20-9-6-17(10-20)21-11-22(29-28-21)27-23(31)18-12-25-30(13-18)19-7-4-16(5-8-19)14-33-3/h11-13,15-17,19-20H,4-10,14H2,1-3H3,(H,26,32)(H2,27,28,29,31)/t16-,17-,19-,20+/m0/s1. The van der Waals surface area contributed by atoms with Crippen LogP contribution in [0.3, 0.4) is 0 Å². The maximum Gasteiger partial charge on any atom is 0.407 e. The van der Waals surface area contributed by atoms with Crippen molar-refractivity contribution in [1.82, 2.24) is 25.3 Å². The molecule has 0 aromatic carbocycles. The molecule has 2 atom stereocenters. The van der Waals surface area contributed by atoms with Gasteiger partial charge in [-0.25, -0.2) is 4.79 Å². The van der Waals surface area contributed by atoms with Crippen LogP contribution in [0.15, 0.2) is 18.5 Å². The molecule has 2 aliphatic rings. The predicted octanol–water partition coefficient (Wildman–Crippen LogP) is 4.01. The molecule has 2 aliphatic carbocycles. The summed E-state index contributed by atoms with van der Waals surface area (Å²) in [5, 5.41) is 17.3. The van der Waals surface area contributed by atoms with Gasteiger partial charge in [0.15, 0.2) is 5.82 Å². The van der Waals surface area contributed by atoms with Crippen molar-refractivity contribution in [3.05, 3.63) is 29.7 Å². The predicted molar refractivity (Wildman–Crippen MR) is 127 cm³/mol. The highest BCUT2D eigenvalue weighted by molar-refractivity contribution is 6.03. The number of hydrogen-bond acceptors (Lipinski definition) is 6. The minimum atomic E-state index is -0.373. The zero-order valence-electron chi connectivity index (χ0n) is 20.3. The fourth-order valence-electron chi connectivity index (χ4n) is 5.02. The largest absolute Gasteiger partial charge is 0.446 e. The Kier molecular flexibility index (Phi) is 7.87. The Bertz CT molecular complexity index is 962. The van der Waals surface area contributed by atoms with Crippen LogP contribution in [0.5, 0.6) is 0 Å². The summed E-state index contributed by atoms with van der Waals surface area (Å²) in [6, 6.07) is 2.24. The number of amides is 2. The van der Waals surface area contributed by atoms with Gasteiger partial charge >= 0.3 is 6.09 Å². The van der Waals surface area contributed by atoms with Gasteiger partial charge in [0.2, 0.25) is 0 Å². The molecule has 0 bridgehead atoms. The van der Waals surface area contributed by atoms with Crippen molar-refractivity contribution in [2.75, 3.05) is 19.0 Å². The van der Waals surface area contributed by atoms with Crippen molar-refractivity contribution in [3.63, 3.8) is 0 Å². The number of carbonyl (C=O) groups excluding carboxylic acids is 2. The minimum Gasteiger partial charge on any atom is -0.446 e. The molecule has 3 N–H and O–H groups in total. The average Bonchev–Trinajstić information content (AvgIpc) is 3.55. The topological polar surface area (TPSA) is 123 Å². The highest BCUT2D eigenvalue weighted by Gasteiger charge is 2.30. The summed E-state index contributed by atoms with van der Waals surface area (Å²) >= 11 is 0. The Morgan fingerprint density at radius 2 is 2.00 bits per heavy atom. The number of hydrogen-bond donors (Lipinski definition) is 3. The minimum absolute atomic E-state index is 0.0477. The van der Waals surface area contributed by atoms with Gasteiger partial charge in [-0.2, -0.15) is 10.2 Å². The van der Waals surface area contributed by atoms with Crippen LogP contribution in [0.1, 0.15) is 86.8 Å². The summed E-state index contributed by atoms with van der Waals surface area (Å²) in [6.45, 7) is 4.62. The van der Waals surface area contributed by atoms with E-state index >= 15 is 0 Å². The van der Waals surface area contributed by atoms with E-state index < -0.39 is 0 Å². The SMILES string of the molecule is COC[C@H]1CC[C@H](n2cc(C(=O)Nc3cc([C@H]4CC[C@@H](OC(=O)NC(C)C)C4)[nH]n3)cn2)CC1. The van der Waals surface area contributed by atoms with Gasteiger partial charge in [-0.3, -0.25) is 14.6 Å². The van der Waals surface area contributed by atoms with E-state index in [1.165, 1.54) is 0 Å². The fraction of sp³-hybridized carbons (Fsp3) is 0.667. The molecule has 0 spiro atoms. The molecule has 2 aromatic heterocycles. The van der Waals surface area contributed by atoms with Crippen molar-refractivity contribution in [2.24, 2.45) is 5.92 Å². The Morgan fingerprint density at radius 3 is 2.74 bits per heavy atom. The number of ether oxygens (including phenoxy) is 2. The molecule has 34 heavy (non-hydrogen) atoms. The van der Waals surface area contributed by atoms with Crippen LogP contribution in [0.4, 0.5) is 10.6 Å². The number of methoxy groups -OCH3 is 1. The number of alkyl carbamates (subject to hydrolysis) is 1. The first-order valence-electron chi connectivity index (χ1n) is 12.3. The molecule has 2 amide bonds. The van der Waals surface area contributed by atoms with Crippen molar-refractivity contribution in [2.45, 2.75) is 82.9 Å². The summed E-state index contributed by atoms with van der Waals surface area (Å²) in [5.74, 6) is 1.09. The van der Waals surface area contributed by atoms with Gasteiger partial charge < -0.3 is 20.1 Å². The van der Waals surface area contributed by atoms with Crippen molar-refractivity contribution >= 4 is 17.8 Å². The fourth-order valence-corrected chi connectivity index (χ4v) is 5.02. The Hall–Kier alpha value is -2.88. The number of H-pyrrole nitrogens is 1. The van der Waals surface area contributed by atoms with Gasteiger partial charge in [-0.1, -0.05) is 0 Å². The first-order chi connectivity index (χ1) is 16.4. The maximum atomic E-state index is 12.7. The summed E-state index contributed by atoms with van der Waals surface area (Å²) < 4.78 is 12.7. The number of carbonyl (C=O) groups is 2. The van der Waals surface area contributed by atoms with Gasteiger partial charge in [-0.05, 0) is 64.7 Å². The number of nitrogens with zero attached hydrogens (tertiary/aromatic N) is 3. The van der Waals surface area contributed by atoms with Gasteiger partial charge in [0.25, 0.3) is 5.91 Å². The van der Waals surface area contributed by atoms with Crippen LogP contribution < -0.4 is 10.6 Å². The average molecular weight is 473 g/mol. The van der Waals surface area contributed by atoms with Crippen LogP contribution in [-0.2, 0) is 9.47 Å². The van der Waals surface area contributed by atoms with E-state index in [-0.39, 0.29) is 30.1 Å². The molecule has 2 heterocycles. The number of aromatic amines is 1. The van der Waals surface area contributed by atoms with E-state index in [0.717, 1.165) is 57.2 Å². The molecule has 0 unspecified atom stereocenters. The van der Waals surface area contributed by atoms with E-state index in [2.05, 4.69) is 25.9 Å². The lowest BCUT2D eigenvalue weighted by atomic mass is 9.86. The molecule has 0 aliphatic heterocycles. The second-order valence-electron chi connectivity index (χ2n) is 9.84. The normalized spacial score (nSPS) is 24.8. The van der Waals surface area contributed by atoms with E-state index in [0.29, 0.717) is 23.3 Å². The molecule has 0 saturated heterocycles. The van der Waals surface area contributed by atoms with Crippen LogP contribution in [0.2, 0.25) is 0 Å². The third-order valence-electron chi connectivity index (χ3n) is 6.80. The van der Waals surface area contributed by atoms with Gasteiger partial charge in [0, 0.05) is 43.6 Å². The van der Waals surface area contributed by atoms with Crippen molar-refractivity contribution in [3.8, 4) is 0 Å². The Morgan fingerprint density at radius 1 is 1.21 bits per heavy atom. The van der Waals surface area contributed by atoms with Crippen LogP contribution in [0.25, 0.3) is 0 Å². The zero-order chi connectivity index (χ0) is 24.1. The van der Waals surface area contributed by atoms with E-state index in [9.17, 15) is 9.59 Å². The molecule has 10 nitrogen and oxygen atoms in total. The molecule has 0 radical (unpaired) electrons. The Labute approximate surface area is 200 Å². The number of rotatable bonds is 8. The molecule has 2 saturated carbocycles. The van der Waals surface area contributed by atoms with Crippen molar-refractivity contribution in [1.29, 1.82) is 0 Å².